The molecule has 0 aliphatic carbocycles. The standard InChI is InChI=1S/C18H26BFNO2P/c1-18(2,3)13-9-21(10-14(13)24-4)17(22)12-6-5-11-7-8-19(23)15(11)16(12)20/h5-6,13-14,23-24H,7-10H2,1-4H3. The van der Waals surface area contributed by atoms with Crippen molar-refractivity contribution in [3.05, 3.63) is 29.1 Å². The predicted molar refractivity (Wildman–Crippen MR) is 99.4 cm³/mol. The largest absolute Gasteiger partial charge is 0.446 e. The van der Waals surface area contributed by atoms with Crippen LogP contribution in [0.2, 0.25) is 6.32 Å². The monoisotopic (exact) mass is 349 g/mol. The van der Waals surface area contributed by atoms with E-state index < -0.39 is 12.7 Å². The summed E-state index contributed by atoms with van der Waals surface area (Å²) in [5.74, 6) is -0.311. The molecule has 130 valence electrons. The van der Waals surface area contributed by atoms with Crippen LogP contribution in [-0.4, -0.2) is 48.2 Å². The van der Waals surface area contributed by atoms with E-state index >= 15 is 0 Å². The van der Waals surface area contributed by atoms with Crippen LogP contribution < -0.4 is 5.46 Å². The predicted octanol–water partition coefficient (Wildman–Crippen LogP) is 2.37. The maximum atomic E-state index is 14.8. The summed E-state index contributed by atoms with van der Waals surface area (Å²) >= 11 is 0. The molecule has 0 spiro atoms. The molecule has 24 heavy (non-hydrogen) atoms. The van der Waals surface area contributed by atoms with Crippen molar-refractivity contribution >= 4 is 26.9 Å². The second kappa shape index (κ2) is 6.42. The summed E-state index contributed by atoms with van der Waals surface area (Å²) in [6.45, 7) is 9.44. The van der Waals surface area contributed by atoms with Crippen molar-refractivity contribution in [2.75, 3.05) is 19.8 Å². The molecule has 2 aliphatic rings. The highest BCUT2D eigenvalue weighted by Gasteiger charge is 2.41. The van der Waals surface area contributed by atoms with Crippen LogP contribution >= 0.6 is 8.58 Å². The van der Waals surface area contributed by atoms with Gasteiger partial charge in [0.25, 0.3) is 5.91 Å². The minimum atomic E-state index is -0.779. The summed E-state index contributed by atoms with van der Waals surface area (Å²) in [7, 11) is 0.773. The van der Waals surface area contributed by atoms with E-state index in [9.17, 15) is 14.2 Å². The van der Waals surface area contributed by atoms with Crippen LogP contribution in [-0.2, 0) is 6.42 Å². The zero-order chi connectivity index (χ0) is 17.6. The van der Waals surface area contributed by atoms with Crippen LogP contribution in [0.3, 0.4) is 0 Å². The minimum Gasteiger partial charge on any atom is -0.446 e. The number of nitrogens with zero attached hydrogens (tertiary/aromatic N) is 1. The first-order chi connectivity index (χ1) is 11.2. The van der Waals surface area contributed by atoms with Crippen molar-refractivity contribution in [1.29, 1.82) is 0 Å². The highest BCUT2D eigenvalue weighted by Crippen LogP contribution is 2.41. The van der Waals surface area contributed by atoms with Crippen molar-refractivity contribution < 1.29 is 14.2 Å². The maximum absolute atomic E-state index is 14.8. The third-order valence-corrected chi connectivity index (χ3v) is 6.94. The van der Waals surface area contributed by atoms with Crippen LogP contribution in [0.15, 0.2) is 12.1 Å². The third-order valence-electron chi connectivity index (χ3n) is 5.61. The number of hydrogen-bond donors (Lipinski definition) is 1. The van der Waals surface area contributed by atoms with Gasteiger partial charge in [0.1, 0.15) is 5.82 Å². The van der Waals surface area contributed by atoms with E-state index in [0.29, 0.717) is 42.9 Å². The molecule has 1 aromatic carbocycles. The summed E-state index contributed by atoms with van der Waals surface area (Å²) in [6.07, 6.45) is 1.22. The van der Waals surface area contributed by atoms with Crippen molar-refractivity contribution in [2.45, 2.75) is 39.2 Å². The molecule has 3 unspecified atom stereocenters. The minimum absolute atomic E-state index is 0.113. The lowest BCUT2D eigenvalue weighted by atomic mass is 9.62. The van der Waals surface area contributed by atoms with Gasteiger partial charge in [-0.15, -0.1) is 8.58 Å². The number of halogens is 1. The molecule has 1 amide bonds. The number of carbonyl (C=O) groups excluding carboxylic acids is 1. The summed E-state index contributed by atoms with van der Waals surface area (Å²) < 4.78 is 14.8. The highest BCUT2D eigenvalue weighted by atomic mass is 31.1. The molecule has 2 aliphatic heterocycles. The van der Waals surface area contributed by atoms with Gasteiger partial charge in [-0.3, -0.25) is 4.79 Å². The van der Waals surface area contributed by atoms with E-state index in [0.717, 1.165) is 14.1 Å². The third kappa shape index (κ3) is 3.02. The summed E-state index contributed by atoms with van der Waals surface area (Å²) in [5.41, 5.74) is 1.90. The maximum Gasteiger partial charge on any atom is 0.327 e. The van der Waals surface area contributed by atoms with Gasteiger partial charge in [-0.05, 0) is 53.5 Å². The molecular weight excluding hydrogens is 323 g/mol. The van der Waals surface area contributed by atoms with Gasteiger partial charge in [-0.2, -0.15) is 0 Å². The number of rotatable bonds is 2. The first-order valence-electron chi connectivity index (χ1n) is 8.70. The Hall–Kier alpha value is -0.925. The van der Waals surface area contributed by atoms with Gasteiger partial charge >= 0.3 is 6.92 Å². The first kappa shape index (κ1) is 17.9. The van der Waals surface area contributed by atoms with Gasteiger partial charge in [0.15, 0.2) is 0 Å². The molecule has 1 N–H and O–H groups in total. The molecule has 2 heterocycles. The number of benzene rings is 1. The summed E-state index contributed by atoms with van der Waals surface area (Å²) in [6, 6.07) is 3.40. The van der Waals surface area contributed by atoms with E-state index in [1.165, 1.54) is 0 Å². The average molecular weight is 349 g/mol. The number of hydrogen-bond acceptors (Lipinski definition) is 2. The van der Waals surface area contributed by atoms with Gasteiger partial charge in [0.05, 0.1) is 5.56 Å². The Balaban J connectivity index is 1.87. The molecule has 1 fully saturated rings. The average Bonchev–Trinajstić information content (AvgIpc) is 3.11. The van der Waals surface area contributed by atoms with Crippen LogP contribution in [0, 0.1) is 17.2 Å². The first-order valence-corrected chi connectivity index (χ1v) is 10.3. The number of carbonyl (C=O) groups is 1. The molecule has 0 saturated carbocycles. The van der Waals surface area contributed by atoms with Crippen molar-refractivity contribution in [1.82, 2.24) is 4.90 Å². The van der Waals surface area contributed by atoms with Crippen molar-refractivity contribution in [3.8, 4) is 0 Å². The SMILES string of the molecule is CPC1CN(C(=O)c2ccc3c(c2F)B(O)CC3)CC1C(C)(C)C. The molecule has 3 nitrogen and oxygen atoms in total. The van der Waals surface area contributed by atoms with Gasteiger partial charge in [0.2, 0.25) is 0 Å². The van der Waals surface area contributed by atoms with Gasteiger partial charge in [-0.25, -0.2) is 4.39 Å². The number of likely N-dealkylation sites (tertiary alicyclic amines) is 1. The lowest BCUT2D eigenvalue weighted by Gasteiger charge is -2.30. The normalized spacial score (nSPS) is 24.2. The van der Waals surface area contributed by atoms with E-state index in [4.69, 9.17) is 0 Å². The van der Waals surface area contributed by atoms with Gasteiger partial charge < -0.3 is 9.92 Å². The lowest BCUT2D eigenvalue weighted by molar-refractivity contribution is 0.0772. The van der Waals surface area contributed by atoms with Crippen LogP contribution in [0.4, 0.5) is 4.39 Å². The topological polar surface area (TPSA) is 40.5 Å². The summed E-state index contributed by atoms with van der Waals surface area (Å²) in [5, 5.41) is 10.00. The Labute approximate surface area is 145 Å². The molecular formula is C18H26BFNO2P. The van der Waals surface area contributed by atoms with Gasteiger partial charge in [-0.1, -0.05) is 26.8 Å². The lowest BCUT2D eigenvalue weighted by Crippen LogP contribution is -2.35. The van der Waals surface area contributed by atoms with Crippen molar-refractivity contribution in [2.24, 2.45) is 11.3 Å². The van der Waals surface area contributed by atoms with E-state index in [1.807, 2.05) is 4.90 Å². The molecule has 0 bridgehead atoms. The smallest absolute Gasteiger partial charge is 0.327 e. The number of amides is 1. The Kier molecular flexibility index (Phi) is 4.79. The molecule has 1 aromatic rings. The number of aryl methyl sites for hydroxylation is 1. The van der Waals surface area contributed by atoms with Crippen molar-refractivity contribution in [3.63, 3.8) is 0 Å². The summed E-state index contributed by atoms with van der Waals surface area (Å²) in [4.78, 5) is 14.7. The fourth-order valence-corrected chi connectivity index (χ4v) is 5.53. The fourth-order valence-electron chi connectivity index (χ4n) is 4.12. The fraction of sp³-hybridized carbons (Fsp3) is 0.611. The highest BCUT2D eigenvalue weighted by molar-refractivity contribution is 7.38. The molecule has 3 atom stereocenters. The molecule has 1 saturated heterocycles. The van der Waals surface area contributed by atoms with Crippen LogP contribution in [0.25, 0.3) is 0 Å². The van der Waals surface area contributed by atoms with Gasteiger partial charge in [0, 0.05) is 13.1 Å². The zero-order valence-electron chi connectivity index (χ0n) is 14.9. The second-order valence-electron chi connectivity index (χ2n) is 8.13. The Bertz CT molecular complexity index is 661. The molecule has 0 aromatic heterocycles. The second-order valence-corrected chi connectivity index (χ2v) is 9.45. The van der Waals surface area contributed by atoms with E-state index in [2.05, 4.69) is 27.4 Å². The van der Waals surface area contributed by atoms with Crippen LogP contribution in [0.1, 0.15) is 36.7 Å². The van der Waals surface area contributed by atoms with Crippen LogP contribution in [0.5, 0.6) is 0 Å². The molecule has 0 radical (unpaired) electrons. The molecule has 6 heteroatoms. The van der Waals surface area contributed by atoms with E-state index in [-0.39, 0.29) is 16.9 Å². The number of fused-ring (bicyclic) bond motifs is 1. The quantitative estimate of drug-likeness (QED) is 0.658. The zero-order valence-corrected chi connectivity index (χ0v) is 15.9. The Morgan fingerprint density at radius 3 is 2.67 bits per heavy atom. The Morgan fingerprint density at radius 2 is 2.08 bits per heavy atom. The van der Waals surface area contributed by atoms with E-state index in [1.54, 1.807) is 12.1 Å². The Morgan fingerprint density at radius 1 is 1.38 bits per heavy atom. The molecule has 3 rings (SSSR count).